The van der Waals surface area contributed by atoms with Crippen molar-refractivity contribution < 1.29 is 9.15 Å². The Morgan fingerprint density at radius 2 is 1.73 bits per heavy atom. The lowest BCUT2D eigenvalue weighted by Gasteiger charge is -2.05. The lowest BCUT2D eigenvalue weighted by atomic mass is 10.1. The van der Waals surface area contributed by atoms with E-state index in [9.17, 15) is 4.79 Å². The van der Waals surface area contributed by atoms with Crippen molar-refractivity contribution in [2.24, 2.45) is 0 Å². The predicted molar refractivity (Wildman–Crippen MR) is 85.2 cm³/mol. The second-order valence-electron chi connectivity index (χ2n) is 5.08. The lowest BCUT2D eigenvalue weighted by Crippen LogP contribution is -2.16. The number of benzene rings is 2. The van der Waals surface area contributed by atoms with Gasteiger partial charge in [-0.2, -0.15) is 0 Å². The quantitative estimate of drug-likeness (QED) is 0.740. The molecule has 0 aliphatic rings. The molecule has 0 saturated carbocycles. The van der Waals surface area contributed by atoms with Gasteiger partial charge in [0.2, 0.25) is 0 Å². The zero-order valence-corrected chi connectivity index (χ0v) is 12.6. The lowest BCUT2D eigenvalue weighted by molar-refractivity contribution is 0.414. The van der Waals surface area contributed by atoms with Gasteiger partial charge in [0, 0.05) is 5.56 Å². The summed E-state index contributed by atoms with van der Waals surface area (Å²) in [5.74, 6) is 1.08. The van der Waals surface area contributed by atoms with Gasteiger partial charge in [0.15, 0.2) is 5.76 Å². The van der Waals surface area contributed by atoms with Crippen molar-refractivity contribution in [1.82, 2.24) is 4.57 Å². The van der Waals surface area contributed by atoms with Crippen LogP contribution < -0.4 is 10.5 Å². The molecular weight excluding hydrogens is 278 g/mol. The van der Waals surface area contributed by atoms with Gasteiger partial charge in [0.05, 0.1) is 19.3 Å². The molecule has 0 saturated heterocycles. The molecule has 0 fully saturated rings. The van der Waals surface area contributed by atoms with Gasteiger partial charge >= 0.3 is 5.76 Å². The van der Waals surface area contributed by atoms with Crippen LogP contribution in [0.25, 0.3) is 11.3 Å². The Morgan fingerprint density at radius 3 is 2.36 bits per heavy atom. The van der Waals surface area contributed by atoms with E-state index in [0.717, 1.165) is 22.6 Å². The molecule has 3 rings (SSSR count). The molecule has 0 spiro atoms. The number of ether oxygens (including phenoxy) is 1. The third kappa shape index (κ3) is 2.68. The van der Waals surface area contributed by atoms with Crippen LogP contribution in [0.2, 0.25) is 0 Å². The van der Waals surface area contributed by atoms with Crippen LogP contribution in [0.15, 0.2) is 63.8 Å². The van der Waals surface area contributed by atoms with Crippen LogP contribution in [-0.2, 0) is 6.54 Å². The molecule has 0 atom stereocenters. The number of aromatic nitrogens is 1. The molecule has 4 nitrogen and oxygen atoms in total. The average molecular weight is 295 g/mol. The number of rotatable bonds is 4. The number of methoxy groups -OCH3 is 1. The van der Waals surface area contributed by atoms with Gasteiger partial charge in [0.25, 0.3) is 0 Å². The van der Waals surface area contributed by atoms with Crippen molar-refractivity contribution in [1.29, 1.82) is 0 Å². The zero-order chi connectivity index (χ0) is 15.5. The average Bonchev–Trinajstić information content (AvgIpc) is 2.84. The summed E-state index contributed by atoms with van der Waals surface area (Å²) in [4.78, 5) is 12.1. The summed E-state index contributed by atoms with van der Waals surface area (Å²) in [7, 11) is 1.63. The van der Waals surface area contributed by atoms with Crippen LogP contribution in [0.5, 0.6) is 5.75 Å². The number of nitrogens with zero attached hydrogens (tertiary/aromatic N) is 1. The molecule has 0 aliphatic carbocycles. The SMILES string of the molecule is COc1ccc(Cn2c(C)c(-c3ccccc3)oc2=O)cc1. The van der Waals surface area contributed by atoms with Crippen LogP contribution in [0, 0.1) is 6.92 Å². The number of hydrogen-bond donors (Lipinski definition) is 0. The molecule has 0 unspecified atom stereocenters. The van der Waals surface area contributed by atoms with Crippen LogP contribution in [-0.4, -0.2) is 11.7 Å². The largest absolute Gasteiger partial charge is 0.497 e. The molecule has 112 valence electrons. The van der Waals surface area contributed by atoms with Crippen LogP contribution in [0.3, 0.4) is 0 Å². The van der Waals surface area contributed by atoms with Gasteiger partial charge in [-0.1, -0.05) is 42.5 Å². The molecular formula is C18H17NO3. The fourth-order valence-corrected chi connectivity index (χ4v) is 2.43. The molecule has 22 heavy (non-hydrogen) atoms. The summed E-state index contributed by atoms with van der Waals surface area (Å²) in [6.07, 6.45) is 0. The molecule has 0 amide bonds. The monoisotopic (exact) mass is 295 g/mol. The van der Waals surface area contributed by atoms with Crippen molar-refractivity contribution in [3.8, 4) is 17.1 Å². The normalized spacial score (nSPS) is 10.6. The molecule has 0 bridgehead atoms. The summed E-state index contributed by atoms with van der Waals surface area (Å²) >= 11 is 0. The van der Waals surface area contributed by atoms with E-state index in [1.807, 2.05) is 61.5 Å². The first kappa shape index (κ1) is 14.2. The van der Waals surface area contributed by atoms with Gasteiger partial charge in [-0.3, -0.25) is 4.57 Å². The molecule has 0 N–H and O–H groups in total. The van der Waals surface area contributed by atoms with Crippen molar-refractivity contribution in [2.75, 3.05) is 7.11 Å². The van der Waals surface area contributed by atoms with Gasteiger partial charge in [-0.05, 0) is 24.6 Å². The number of hydrogen-bond acceptors (Lipinski definition) is 3. The van der Waals surface area contributed by atoms with Crippen LogP contribution in [0.1, 0.15) is 11.3 Å². The van der Waals surface area contributed by atoms with Gasteiger partial charge < -0.3 is 9.15 Å². The van der Waals surface area contributed by atoms with Crippen LogP contribution >= 0.6 is 0 Å². The first-order valence-corrected chi connectivity index (χ1v) is 7.07. The van der Waals surface area contributed by atoms with Gasteiger partial charge in [-0.15, -0.1) is 0 Å². The summed E-state index contributed by atoms with van der Waals surface area (Å²) in [6, 6.07) is 17.3. The third-order valence-electron chi connectivity index (χ3n) is 3.68. The second kappa shape index (κ2) is 5.93. The summed E-state index contributed by atoms with van der Waals surface area (Å²) in [5, 5.41) is 0. The summed E-state index contributed by atoms with van der Waals surface area (Å²) in [5.41, 5.74) is 2.75. The maximum Gasteiger partial charge on any atom is 0.420 e. The Labute approximate surface area is 128 Å². The molecule has 0 aliphatic heterocycles. The standard InChI is InChI=1S/C18H17NO3/c1-13-17(15-6-4-3-5-7-15)22-18(20)19(13)12-14-8-10-16(21-2)11-9-14/h3-11H,12H2,1-2H3. The van der Waals surface area contributed by atoms with Gasteiger partial charge in [-0.25, -0.2) is 4.79 Å². The van der Waals surface area contributed by atoms with Crippen LogP contribution in [0.4, 0.5) is 0 Å². The molecule has 3 aromatic rings. The van der Waals surface area contributed by atoms with Crippen molar-refractivity contribution in [2.45, 2.75) is 13.5 Å². The van der Waals surface area contributed by atoms with E-state index in [4.69, 9.17) is 9.15 Å². The van der Waals surface area contributed by atoms with E-state index in [1.165, 1.54) is 0 Å². The van der Waals surface area contributed by atoms with E-state index < -0.39 is 0 Å². The minimum absolute atomic E-state index is 0.341. The Balaban J connectivity index is 1.94. The Morgan fingerprint density at radius 1 is 1.05 bits per heavy atom. The predicted octanol–water partition coefficient (Wildman–Crippen LogP) is 3.47. The minimum atomic E-state index is -0.341. The maximum atomic E-state index is 12.1. The van der Waals surface area contributed by atoms with Gasteiger partial charge in [0.1, 0.15) is 5.75 Å². The Bertz CT molecular complexity index is 814. The van der Waals surface area contributed by atoms with E-state index >= 15 is 0 Å². The molecule has 4 heteroatoms. The molecule has 0 radical (unpaired) electrons. The molecule has 2 aromatic carbocycles. The second-order valence-corrected chi connectivity index (χ2v) is 5.08. The Hall–Kier alpha value is -2.75. The Kier molecular flexibility index (Phi) is 3.83. The maximum absolute atomic E-state index is 12.1. The summed E-state index contributed by atoms with van der Waals surface area (Å²) < 4.78 is 12.2. The van der Waals surface area contributed by atoms with E-state index in [0.29, 0.717) is 12.3 Å². The van der Waals surface area contributed by atoms with E-state index in [1.54, 1.807) is 11.7 Å². The molecule has 1 heterocycles. The van der Waals surface area contributed by atoms with Crippen molar-refractivity contribution in [3.63, 3.8) is 0 Å². The van der Waals surface area contributed by atoms with Crippen molar-refractivity contribution >= 4 is 0 Å². The minimum Gasteiger partial charge on any atom is -0.497 e. The van der Waals surface area contributed by atoms with Crippen molar-refractivity contribution in [3.05, 3.63) is 76.4 Å². The highest BCUT2D eigenvalue weighted by Crippen LogP contribution is 2.22. The first-order valence-electron chi connectivity index (χ1n) is 7.07. The third-order valence-corrected chi connectivity index (χ3v) is 3.68. The zero-order valence-electron chi connectivity index (χ0n) is 12.6. The highest BCUT2D eigenvalue weighted by atomic mass is 16.5. The van der Waals surface area contributed by atoms with E-state index in [-0.39, 0.29) is 5.76 Å². The topological polar surface area (TPSA) is 44.4 Å². The highest BCUT2D eigenvalue weighted by Gasteiger charge is 2.14. The smallest absolute Gasteiger partial charge is 0.420 e. The molecule has 1 aromatic heterocycles. The number of oxazole rings is 1. The fourth-order valence-electron chi connectivity index (χ4n) is 2.43. The summed E-state index contributed by atoms with van der Waals surface area (Å²) in [6.45, 7) is 2.38. The fraction of sp³-hybridized carbons (Fsp3) is 0.167. The highest BCUT2D eigenvalue weighted by molar-refractivity contribution is 5.59. The van der Waals surface area contributed by atoms with E-state index in [2.05, 4.69) is 0 Å². The first-order chi connectivity index (χ1) is 10.7.